The highest BCUT2D eigenvalue weighted by Crippen LogP contribution is 2.10. The van der Waals surface area contributed by atoms with E-state index in [4.69, 9.17) is 0 Å². The van der Waals surface area contributed by atoms with Crippen LogP contribution >= 0.6 is 0 Å². The Morgan fingerprint density at radius 2 is 2.50 bits per heavy atom. The summed E-state index contributed by atoms with van der Waals surface area (Å²) >= 11 is 0. The van der Waals surface area contributed by atoms with Gasteiger partial charge in [0.05, 0.1) is 5.69 Å². The van der Waals surface area contributed by atoms with Crippen LogP contribution in [-0.4, -0.2) is 22.4 Å². The zero-order valence-electron chi connectivity index (χ0n) is 8.87. The fraction of sp³-hybridized carbons (Fsp3) is 0.727. The molecule has 1 saturated heterocycles. The van der Waals surface area contributed by atoms with Crippen LogP contribution in [0, 0.1) is 6.92 Å². The van der Waals surface area contributed by atoms with Crippen molar-refractivity contribution >= 4 is 0 Å². The van der Waals surface area contributed by atoms with E-state index in [0.29, 0.717) is 6.04 Å². The Morgan fingerprint density at radius 1 is 1.57 bits per heavy atom. The Kier molecular flexibility index (Phi) is 3.19. The van der Waals surface area contributed by atoms with Crippen molar-refractivity contribution in [2.75, 3.05) is 6.54 Å². The molecule has 0 aliphatic carbocycles. The Balaban J connectivity index is 1.76. The molecule has 1 aliphatic rings. The molecule has 1 unspecified atom stereocenters. The quantitative estimate of drug-likeness (QED) is 0.792. The molecule has 14 heavy (non-hydrogen) atoms. The summed E-state index contributed by atoms with van der Waals surface area (Å²) in [4.78, 5) is 0. The molecule has 78 valence electrons. The molecule has 1 aromatic rings. The molecule has 0 radical (unpaired) electrons. The van der Waals surface area contributed by atoms with Gasteiger partial charge < -0.3 is 5.32 Å². The molecule has 1 aliphatic heterocycles. The minimum absolute atomic E-state index is 0.716. The molecule has 2 rings (SSSR count). The summed E-state index contributed by atoms with van der Waals surface area (Å²) in [5.74, 6) is 0. The van der Waals surface area contributed by atoms with E-state index in [-0.39, 0.29) is 0 Å². The van der Waals surface area contributed by atoms with Crippen molar-refractivity contribution in [2.45, 2.75) is 45.2 Å². The van der Waals surface area contributed by atoms with Crippen LogP contribution in [0.15, 0.2) is 12.3 Å². The van der Waals surface area contributed by atoms with Crippen molar-refractivity contribution in [3.63, 3.8) is 0 Å². The zero-order valence-corrected chi connectivity index (χ0v) is 8.87. The number of aryl methyl sites for hydroxylation is 2. The monoisotopic (exact) mass is 193 g/mol. The first-order valence-corrected chi connectivity index (χ1v) is 5.58. The number of aromatic nitrogens is 2. The van der Waals surface area contributed by atoms with E-state index in [1.807, 2.05) is 11.6 Å². The number of rotatable bonds is 3. The smallest absolute Gasteiger partial charge is 0.0593 e. The first kappa shape index (κ1) is 9.71. The second-order valence-corrected chi connectivity index (χ2v) is 4.16. The van der Waals surface area contributed by atoms with Crippen molar-refractivity contribution in [3.8, 4) is 0 Å². The highest BCUT2D eigenvalue weighted by molar-refractivity contribution is 4.94. The summed E-state index contributed by atoms with van der Waals surface area (Å²) in [6.45, 7) is 4.28. The standard InChI is InChI=1S/C11H19N3/c1-10-5-8-14(13-10)9-6-11-4-2-3-7-12-11/h5,8,11-12H,2-4,6-7,9H2,1H3. The highest BCUT2D eigenvalue weighted by Gasteiger charge is 2.11. The molecule has 0 saturated carbocycles. The topological polar surface area (TPSA) is 29.9 Å². The summed E-state index contributed by atoms with van der Waals surface area (Å²) in [5, 5.41) is 7.94. The number of nitrogens with one attached hydrogen (secondary N) is 1. The Bertz CT molecular complexity index is 274. The van der Waals surface area contributed by atoms with Crippen LogP contribution in [0.3, 0.4) is 0 Å². The van der Waals surface area contributed by atoms with E-state index in [0.717, 1.165) is 12.2 Å². The van der Waals surface area contributed by atoms with Crippen molar-refractivity contribution in [1.29, 1.82) is 0 Å². The van der Waals surface area contributed by atoms with Gasteiger partial charge in [0.1, 0.15) is 0 Å². The van der Waals surface area contributed by atoms with Crippen molar-refractivity contribution in [3.05, 3.63) is 18.0 Å². The maximum atomic E-state index is 4.38. The summed E-state index contributed by atoms with van der Waals surface area (Å²) in [5.41, 5.74) is 1.11. The van der Waals surface area contributed by atoms with Crippen molar-refractivity contribution in [1.82, 2.24) is 15.1 Å². The molecule has 0 amide bonds. The minimum atomic E-state index is 0.716. The lowest BCUT2D eigenvalue weighted by Crippen LogP contribution is -2.34. The summed E-state index contributed by atoms with van der Waals surface area (Å²) in [6.07, 6.45) is 7.34. The SMILES string of the molecule is Cc1ccn(CCC2CCCCN2)n1. The lowest BCUT2D eigenvalue weighted by Gasteiger charge is -2.23. The predicted molar refractivity (Wildman–Crippen MR) is 57.2 cm³/mol. The fourth-order valence-corrected chi connectivity index (χ4v) is 2.05. The number of hydrogen-bond donors (Lipinski definition) is 1. The molecule has 1 aromatic heterocycles. The van der Waals surface area contributed by atoms with Gasteiger partial charge in [0.2, 0.25) is 0 Å². The molecular weight excluding hydrogens is 174 g/mol. The lowest BCUT2D eigenvalue weighted by atomic mass is 10.0. The summed E-state index contributed by atoms with van der Waals surface area (Å²) in [7, 11) is 0. The average Bonchev–Trinajstić information content (AvgIpc) is 2.63. The number of piperidine rings is 1. The Labute approximate surface area is 85.5 Å². The normalized spacial score (nSPS) is 22.5. The molecule has 0 spiro atoms. The third kappa shape index (κ3) is 2.58. The van der Waals surface area contributed by atoms with E-state index in [2.05, 4.69) is 22.7 Å². The summed E-state index contributed by atoms with van der Waals surface area (Å²) < 4.78 is 2.05. The van der Waals surface area contributed by atoms with Gasteiger partial charge in [0.15, 0.2) is 0 Å². The Morgan fingerprint density at radius 3 is 3.14 bits per heavy atom. The van der Waals surface area contributed by atoms with Crippen LogP contribution < -0.4 is 5.32 Å². The van der Waals surface area contributed by atoms with Crippen LogP contribution in [0.5, 0.6) is 0 Å². The van der Waals surface area contributed by atoms with Crippen LogP contribution in [0.2, 0.25) is 0 Å². The van der Waals surface area contributed by atoms with E-state index in [9.17, 15) is 0 Å². The van der Waals surface area contributed by atoms with Gasteiger partial charge >= 0.3 is 0 Å². The lowest BCUT2D eigenvalue weighted by molar-refractivity contribution is 0.360. The predicted octanol–water partition coefficient (Wildman–Crippen LogP) is 1.72. The first-order chi connectivity index (χ1) is 6.84. The van der Waals surface area contributed by atoms with Gasteiger partial charge in [-0.05, 0) is 38.8 Å². The van der Waals surface area contributed by atoms with E-state index in [1.165, 1.54) is 32.2 Å². The van der Waals surface area contributed by atoms with Gasteiger partial charge in [-0.1, -0.05) is 6.42 Å². The maximum Gasteiger partial charge on any atom is 0.0593 e. The van der Waals surface area contributed by atoms with Gasteiger partial charge in [0.25, 0.3) is 0 Å². The molecule has 3 nitrogen and oxygen atoms in total. The van der Waals surface area contributed by atoms with Crippen LogP contribution in [0.1, 0.15) is 31.4 Å². The second kappa shape index (κ2) is 4.60. The largest absolute Gasteiger partial charge is 0.314 e. The van der Waals surface area contributed by atoms with Gasteiger partial charge in [-0.25, -0.2) is 0 Å². The Hall–Kier alpha value is -0.830. The summed E-state index contributed by atoms with van der Waals surface area (Å²) in [6, 6.07) is 2.78. The molecule has 0 bridgehead atoms. The number of hydrogen-bond acceptors (Lipinski definition) is 2. The van der Waals surface area contributed by atoms with E-state index < -0.39 is 0 Å². The van der Waals surface area contributed by atoms with Gasteiger partial charge in [0, 0.05) is 18.8 Å². The highest BCUT2D eigenvalue weighted by atomic mass is 15.3. The molecule has 3 heteroatoms. The van der Waals surface area contributed by atoms with E-state index in [1.54, 1.807) is 0 Å². The van der Waals surface area contributed by atoms with Crippen molar-refractivity contribution < 1.29 is 0 Å². The average molecular weight is 193 g/mol. The van der Waals surface area contributed by atoms with Crippen LogP contribution in [0.25, 0.3) is 0 Å². The van der Waals surface area contributed by atoms with Crippen LogP contribution in [-0.2, 0) is 6.54 Å². The fourth-order valence-electron chi connectivity index (χ4n) is 2.05. The minimum Gasteiger partial charge on any atom is -0.314 e. The molecule has 1 fully saturated rings. The van der Waals surface area contributed by atoms with E-state index >= 15 is 0 Å². The van der Waals surface area contributed by atoms with Gasteiger partial charge in [-0.15, -0.1) is 0 Å². The van der Waals surface area contributed by atoms with Crippen LogP contribution in [0.4, 0.5) is 0 Å². The molecule has 1 atom stereocenters. The van der Waals surface area contributed by atoms with Crippen molar-refractivity contribution in [2.24, 2.45) is 0 Å². The molecular formula is C11H19N3. The third-order valence-corrected chi connectivity index (χ3v) is 2.89. The van der Waals surface area contributed by atoms with Gasteiger partial charge in [-0.3, -0.25) is 4.68 Å². The maximum absolute atomic E-state index is 4.38. The third-order valence-electron chi connectivity index (χ3n) is 2.89. The first-order valence-electron chi connectivity index (χ1n) is 5.58. The second-order valence-electron chi connectivity index (χ2n) is 4.16. The molecule has 2 heterocycles. The molecule has 0 aromatic carbocycles. The van der Waals surface area contributed by atoms with Gasteiger partial charge in [-0.2, -0.15) is 5.10 Å². The number of nitrogens with zero attached hydrogens (tertiary/aromatic N) is 2. The zero-order chi connectivity index (χ0) is 9.80. The molecule has 1 N–H and O–H groups in total.